The number of carbonyl (C=O) groups excluding carboxylic acids is 2. The van der Waals surface area contributed by atoms with E-state index in [1.807, 2.05) is 56.3 Å². The summed E-state index contributed by atoms with van der Waals surface area (Å²) in [7, 11) is 0. The van der Waals surface area contributed by atoms with Crippen LogP contribution in [0.15, 0.2) is 51.8 Å². The van der Waals surface area contributed by atoms with Crippen LogP contribution in [0.25, 0.3) is 6.08 Å². The number of hydrogen-bond acceptors (Lipinski definition) is 6. The molecule has 0 N–H and O–H groups in total. The minimum absolute atomic E-state index is 0.113. The standard InChI is InChI=1S/C24H24BrNO4S2/c1-3-12-29-22(27)10-11-26-23(28)21(32-24(26)31)14-18-13-19(25)8-9-20(18)30-15-17-6-4-16(2)5-7-17/h4-9,13-14H,3,10-12,15H2,1-2H3/b21-14+. The van der Waals surface area contributed by atoms with E-state index in [0.717, 1.165) is 22.0 Å². The highest BCUT2D eigenvalue weighted by Crippen LogP contribution is 2.35. The van der Waals surface area contributed by atoms with E-state index in [1.54, 1.807) is 6.08 Å². The molecule has 0 unspecified atom stereocenters. The first-order valence-corrected chi connectivity index (χ1v) is 12.3. The van der Waals surface area contributed by atoms with Gasteiger partial charge in [-0.3, -0.25) is 14.5 Å². The Kier molecular flexibility index (Phi) is 8.90. The second-order valence-corrected chi connectivity index (χ2v) is 9.85. The van der Waals surface area contributed by atoms with Gasteiger partial charge in [-0.2, -0.15) is 0 Å². The normalized spacial score (nSPS) is 14.8. The van der Waals surface area contributed by atoms with Crippen molar-refractivity contribution in [2.24, 2.45) is 0 Å². The summed E-state index contributed by atoms with van der Waals surface area (Å²) in [6.07, 6.45) is 2.65. The van der Waals surface area contributed by atoms with Crippen molar-refractivity contribution in [2.45, 2.75) is 33.3 Å². The van der Waals surface area contributed by atoms with Crippen LogP contribution in [0.5, 0.6) is 5.75 Å². The van der Waals surface area contributed by atoms with Crippen molar-refractivity contribution in [3.8, 4) is 5.75 Å². The van der Waals surface area contributed by atoms with Crippen LogP contribution in [-0.2, 0) is 20.9 Å². The third kappa shape index (κ3) is 6.67. The summed E-state index contributed by atoms with van der Waals surface area (Å²) in [6.45, 7) is 4.98. The molecule has 0 atom stereocenters. The van der Waals surface area contributed by atoms with Gasteiger partial charge in [-0.1, -0.05) is 76.7 Å². The molecular weight excluding hydrogens is 510 g/mol. The molecule has 32 heavy (non-hydrogen) atoms. The number of ether oxygens (including phenoxy) is 2. The van der Waals surface area contributed by atoms with Gasteiger partial charge >= 0.3 is 5.97 Å². The minimum Gasteiger partial charge on any atom is -0.488 e. The highest BCUT2D eigenvalue weighted by Gasteiger charge is 2.32. The van der Waals surface area contributed by atoms with Crippen LogP contribution in [0.3, 0.4) is 0 Å². The van der Waals surface area contributed by atoms with E-state index in [4.69, 9.17) is 21.7 Å². The predicted octanol–water partition coefficient (Wildman–Crippen LogP) is 5.88. The SMILES string of the molecule is CCCOC(=O)CCN1C(=O)/C(=C\c2cc(Br)ccc2OCc2ccc(C)cc2)SC1=S. The molecule has 2 aromatic rings. The lowest BCUT2D eigenvalue weighted by molar-refractivity contribution is -0.143. The fraction of sp³-hybridized carbons (Fsp3) is 0.292. The van der Waals surface area contributed by atoms with E-state index < -0.39 is 0 Å². The Morgan fingerprint density at radius 2 is 1.97 bits per heavy atom. The number of thiocarbonyl (C=S) groups is 1. The number of hydrogen-bond donors (Lipinski definition) is 0. The Morgan fingerprint density at radius 3 is 2.69 bits per heavy atom. The number of aryl methyl sites for hydroxylation is 1. The molecule has 168 valence electrons. The summed E-state index contributed by atoms with van der Waals surface area (Å²) in [6, 6.07) is 13.8. The molecule has 0 bridgehead atoms. The van der Waals surface area contributed by atoms with Crippen LogP contribution in [0.1, 0.15) is 36.5 Å². The minimum atomic E-state index is -0.330. The van der Waals surface area contributed by atoms with Crippen LogP contribution >= 0.6 is 39.9 Å². The zero-order valence-electron chi connectivity index (χ0n) is 17.9. The van der Waals surface area contributed by atoms with E-state index in [-0.39, 0.29) is 24.8 Å². The number of nitrogens with zero attached hydrogens (tertiary/aromatic N) is 1. The van der Waals surface area contributed by atoms with Gasteiger partial charge in [-0.15, -0.1) is 0 Å². The first kappa shape index (κ1) is 24.5. The molecule has 1 heterocycles. The first-order chi connectivity index (χ1) is 15.4. The highest BCUT2D eigenvalue weighted by atomic mass is 79.9. The zero-order chi connectivity index (χ0) is 23.1. The molecule has 8 heteroatoms. The van der Waals surface area contributed by atoms with Crippen LogP contribution < -0.4 is 4.74 Å². The molecule has 3 rings (SSSR count). The van der Waals surface area contributed by atoms with Crippen molar-refractivity contribution in [1.29, 1.82) is 0 Å². The Hall–Kier alpha value is -2.16. The summed E-state index contributed by atoms with van der Waals surface area (Å²) in [5, 5.41) is 0. The molecule has 1 aliphatic heterocycles. The number of carbonyl (C=O) groups is 2. The Labute approximate surface area is 206 Å². The summed E-state index contributed by atoms with van der Waals surface area (Å²) in [4.78, 5) is 26.6. The molecule has 2 aromatic carbocycles. The second-order valence-electron chi connectivity index (χ2n) is 7.26. The maximum atomic E-state index is 12.9. The average molecular weight is 534 g/mol. The van der Waals surface area contributed by atoms with Crippen molar-refractivity contribution < 1.29 is 19.1 Å². The molecule has 1 fully saturated rings. The third-order valence-corrected chi connectivity index (χ3v) is 6.52. The first-order valence-electron chi connectivity index (χ1n) is 10.3. The van der Waals surface area contributed by atoms with Crippen LogP contribution in [0.4, 0.5) is 0 Å². The van der Waals surface area contributed by atoms with Crippen molar-refractivity contribution in [2.75, 3.05) is 13.2 Å². The number of esters is 1. The fourth-order valence-corrected chi connectivity index (χ4v) is 4.61. The van der Waals surface area contributed by atoms with Gasteiger partial charge in [0.2, 0.25) is 0 Å². The number of thioether (sulfide) groups is 1. The van der Waals surface area contributed by atoms with E-state index in [2.05, 4.69) is 15.9 Å². The number of rotatable bonds is 9. The summed E-state index contributed by atoms with van der Waals surface area (Å²) >= 11 is 10.1. The fourth-order valence-electron chi connectivity index (χ4n) is 2.93. The van der Waals surface area contributed by atoms with Crippen LogP contribution in [0, 0.1) is 6.92 Å². The molecule has 5 nitrogen and oxygen atoms in total. The van der Waals surface area contributed by atoms with Gasteiger partial charge < -0.3 is 9.47 Å². The highest BCUT2D eigenvalue weighted by molar-refractivity contribution is 9.10. The van der Waals surface area contributed by atoms with Gasteiger partial charge in [0, 0.05) is 16.6 Å². The zero-order valence-corrected chi connectivity index (χ0v) is 21.1. The smallest absolute Gasteiger partial charge is 0.307 e. The summed E-state index contributed by atoms with van der Waals surface area (Å²) in [5.74, 6) is 0.124. The van der Waals surface area contributed by atoms with Gasteiger partial charge in [-0.05, 0) is 43.2 Å². The molecule has 1 saturated heterocycles. The monoisotopic (exact) mass is 533 g/mol. The largest absolute Gasteiger partial charge is 0.488 e. The summed E-state index contributed by atoms with van der Waals surface area (Å²) in [5.41, 5.74) is 3.03. The number of halogens is 1. The second kappa shape index (κ2) is 11.6. The average Bonchev–Trinajstić information content (AvgIpc) is 3.03. The van der Waals surface area contributed by atoms with Gasteiger partial charge in [0.1, 0.15) is 16.7 Å². The Balaban J connectivity index is 1.72. The number of amides is 1. The maximum absolute atomic E-state index is 12.9. The van der Waals surface area contributed by atoms with Gasteiger partial charge in [0.05, 0.1) is 17.9 Å². The van der Waals surface area contributed by atoms with Gasteiger partial charge in [0.25, 0.3) is 5.91 Å². The van der Waals surface area contributed by atoms with Crippen molar-refractivity contribution >= 4 is 62.2 Å². The van der Waals surface area contributed by atoms with E-state index in [9.17, 15) is 9.59 Å². The van der Waals surface area contributed by atoms with Gasteiger partial charge in [0.15, 0.2) is 0 Å². The molecule has 1 amide bonds. The molecule has 0 saturated carbocycles. The van der Waals surface area contributed by atoms with Crippen molar-refractivity contribution in [3.63, 3.8) is 0 Å². The van der Waals surface area contributed by atoms with Crippen LogP contribution in [0.2, 0.25) is 0 Å². The molecule has 0 aliphatic carbocycles. The maximum Gasteiger partial charge on any atom is 0.307 e. The van der Waals surface area contributed by atoms with Gasteiger partial charge in [-0.25, -0.2) is 0 Å². The van der Waals surface area contributed by atoms with Crippen molar-refractivity contribution in [1.82, 2.24) is 4.90 Å². The molecular formula is C24H24BrNO4S2. The lowest BCUT2D eigenvalue weighted by Gasteiger charge is -2.13. The topological polar surface area (TPSA) is 55.8 Å². The van der Waals surface area contributed by atoms with Crippen molar-refractivity contribution in [3.05, 3.63) is 68.5 Å². The summed E-state index contributed by atoms with van der Waals surface area (Å²) < 4.78 is 12.4. The Bertz CT molecular complexity index is 1040. The molecule has 0 radical (unpaired) electrons. The molecule has 1 aliphatic rings. The van der Waals surface area contributed by atoms with Crippen LogP contribution in [-0.4, -0.2) is 34.2 Å². The third-order valence-electron chi connectivity index (χ3n) is 4.65. The number of benzene rings is 2. The van der Waals surface area contributed by atoms with E-state index in [1.165, 1.54) is 22.2 Å². The van der Waals surface area contributed by atoms with E-state index in [0.29, 0.717) is 28.2 Å². The predicted molar refractivity (Wildman–Crippen MR) is 135 cm³/mol. The quantitative estimate of drug-likeness (QED) is 0.228. The van der Waals surface area contributed by atoms with E-state index >= 15 is 0 Å². The molecule has 0 aromatic heterocycles. The molecule has 0 spiro atoms. The lowest BCUT2D eigenvalue weighted by Crippen LogP contribution is -2.30. The lowest BCUT2D eigenvalue weighted by atomic mass is 10.1. The Morgan fingerprint density at radius 1 is 1.22 bits per heavy atom.